The van der Waals surface area contributed by atoms with Crippen molar-refractivity contribution in [1.82, 2.24) is 5.16 Å². The van der Waals surface area contributed by atoms with E-state index in [-0.39, 0.29) is 11.6 Å². The summed E-state index contributed by atoms with van der Waals surface area (Å²) in [6, 6.07) is 5.49. The summed E-state index contributed by atoms with van der Waals surface area (Å²) >= 11 is 0. The Morgan fingerprint density at radius 1 is 1.29 bits per heavy atom. The van der Waals surface area contributed by atoms with Crippen LogP contribution in [0.1, 0.15) is 42.7 Å². The van der Waals surface area contributed by atoms with E-state index in [0.29, 0.717) is 24.6 Å². The van der Waals surface area contributed by atoms with E-state index in [4.69, 9.17) is 15.0 Å². The van der Waals surface area contributed by atoms with Gasteiger partial charge in [0.05, 0.1) is 5.69 Å². The van der Waals surface area contributed by atoms with Crippen molar-refractivity contribution in [3.63, 3.8) is 0 Å². The average molecular weight is 394 g/mol. The van der Waals surface area contributed by atoms with Gasteiger partial charge in [0.15, 0.2) is 0 Å². The van der Waals surface area contributed by atoms with E-state index in [1.807, 2.05) is 6.07 Å². The number of ether oxygens (including phenoxy) is 1. The normalized spacial score (nSPS) is 23.8. The molecule has 1 aromatic heterocycles. The van der Waals surface area contributed by atoms with E-state index in [1.165, 1.54) is 12.1 Å². The molecule has 1 aliphatic heterocycles. The van der Waals surface area contributed by atoms with Crippen LogP contribution in [-0.2, 0) is 16.8 Å². The second kappa shape index (κ2) is 6.72. The first-order valence-electron chi connectivity index (χ1n) is 9.15. The summed E-state index contributed by atoms with van der Waals surface area (Å²) in [6.07, 6.45) is 2.85. The van der Waals surface area contributed by atoms with Crippen molar-refractivity contribution in [1.29, 1.82) is 0 Å². The molecule has 1 fully saturated rings. The summed E-state index contributed by atoms with van der Waals surface area (Å²) in [6.45, 7) is 0.743. The molecule has 0 unspecified atom stereocenters. The fourth-order valence-corrected chi connectivity index (χ4v) is 3.24. The molecule has 1 atom stereocenters. The fraction of sp³-hybridized carbons (Fsp3) is 0.474. The number of nitrogens with one attached hydrogen (secondary N) is 1. The van der Waals surface area contributed by atoms with E-state index in [9.17, 15) is 13.2 Å². The molecule has 3 N–H and O–H groups in total. The maximum absolute atomic E-state index is 14.5. The summed E-state index contributed by atoms with van der Waals surface area (Å²) in [5.74, 6) is -2.81. The molecule has 150 valence electrons. The maximum Gasteiger partial charge on any atom is 0.310 e. The second-order valence-corrected chi connectivity index (χ2v) is 7.36. The minimum absolute atomic E-state index is 0.280. The predicted octanol–water partition coefficient (Wildman–Crippen LogP) is 3.54. The van der Waals surface area contributed by atoms with Gasteiger partial charge >= 0.3 is 5.92 Å². The quantitative estimate of drug-likeness (QED) is 0.783. The zero-order valence-electron chi connectivity index (χ0n) is 15.3. The number of rotatable bonds is 6. The van der Waals surface area contributed by atoms with Crippen molar-refractivity contribution in [2.24, 2.45) is 10.7 Å². The SMILES string of the molecule is C[C@]1(c2cc(NCCc3cc(C4CC4)on3)ccc2F)OC(N)=NCC1(F)F. The highest BCUT2D eigenvalue weighted by molar-refractivity contribution is 5.73. The lowest BCUT2D eigenvalue weighted by atomic mass is 9.87. The number of nitrogens with zero attached hydrogens (tertiary/aromatic N) is 2. The zero-order chi connectivity index (χ0) is 19.9. The summed E-state index contributed by atoms with van der Waals surface area (Å²) in [5, 5.41) is 7.13. The Kier molecular flexibility index (Phi) is 4.47. The average Bonchev–Trinajstić information content (AvgIpc) is 3.39. The van der Waals surface area contributed by atoms with Crippen molar-refractivity contribution in [2.45, 2.75) is 43.6 Å². The lowest BCUT2D eigenvalue weighted by Crippen LogP contribution is -2.53. The van der Waals surface area contributed by atoms with E-state index in [2.05, 4.69) is 15.5 Å². The number of aliphatic imine (C=N–C) groups is 1. The molecule has 2 heterocycles. The molecular formula is C19H21F3N4O2. The largest absolute Gasteiger partial charge is 0.448 e. The molecule has 1 saturated carbocycles. The standard InChI is InChI=1S/C19H21F3N4O2/c1-18(19(21,22)10-25-17(23)27-18)14-8-12(4-5-15(14)20)24-7-6-13-9-16(28-26-13)11-2-3-11/h4-5,8-9,11,24H,2-3,6-7,10H2,1H3,(H2,23,25)/t18-/m1/s1. The van der Waals surface area contributed by atoms with Gasteiger partial charge < -0.3 is 20.3 Å². The lowest BCUT2D eigenvalue weighted by molar-refractivity contribution is -0.173. The van der Waals surface area contributed by atoms with Crippen LogP contribution in [0, 0.1) is 5.82 Å². The van der Waals surface area contributed by atoms with Gasteiger partial charge in [-0.3, -0.25) is 0 Å². The number of halogens is 3. The smallest absolute Gasteiger partial charge is 0.310 e. The molecule has 2 aliphatic rings. The first-order valence-corrected chi connectivity index (χ1v) is 9.15. The van der Waals surface area contributed by atoms with Gasteiger partial charge in [0.25, 0.3) is 6.02 Å². The van der Waals surface area contributed by atoms with E-state index >= 15 is 0 Å². The summed E-state index contributed by atoms with van der Waals surface area (Å²) < 4.78 is 53.8. The molecule has 0 radical (unpaired) electrons. The van der Waals surface area contributed by atoms with Crippen molar-refractivity contribution >= 4 is 11.7 Å². The highest BCUT2D eigenvalue weighted by atomic mass is 19.3. The number of hydrogen-bond donors (Lipinski definition) is 2. The van der Waals surface area contributed by atoms with E-state index < -0.39 is 23.9 Å². The first-order chi connectivity index (χ1) is 13.3. The molecule has 28 heavy (non-hydrogen) atoms. The van der Waals surface area contributed by atoms with Crippen LogP contribution in [0.5, 0.6) is 0 Å². The third-order valence-electron chi connectivity index (χ3n) is 5.19. The van der Waals surface area contributed by atoms with Gasteiger partial charge in [-0.2, -0.15) is 8.78 Å². The molecule has 9 heteroatoms. The van der Waals surface area contributed by atoms with E-state index in [1.54, 1.807) is 0 Å². The molecule has 0 bridgehead atoms. The van der Waals surface area contributed by atoms with Crippen LogP contribution in [0.4, 0.5) is 18.9 Å². The Balaban J connectivity index is 1.48. The van der Waals surface area contributed by atoms with Gasteiger partial charge in [-0.05, 0) is 38.0 Å². The third-order valence-corrected chi connectivity index (χ3v) is 5.19. The van der Waals surface area contributed by atoms with Gasteiger partial charge in [-0.1, -0.05) is 5.16 Å². The maximum atomic E-state index is 14.5. The second-order valence-electron chi connectivity index (χ2n) is 7.36. The molecule has 0 amide bonds. The van der Waals surface area contributed by atoms with Gasteiger partial charge in [-0.15, -0.1) is 0 Å². The number of alkyl halides is 2. The van der Waals surface area contributed by atoms with Crippen molar-refractivity contribution in [2.75, 3.05) is 18.4 Å². The van der Waals surface area contributed by atoms with Gasteiger partial charge in [-0.25, -0.2) is 9.38 Å². The van der Waals surface area contributed by atoms with Crippen LogP contribution in [0.25, 0.3) is 0 Å². The number of hydrogen-bond acceptors (Lipinski definition) is 6. The van der Waals surface area contributed by atoms with Crippen LogP contribution in [0.2, 0.25) is 0 Å². The van der Waals surface area contributed by atoms with Gasteiger partial charge in [0.2, 0.25) is 5.60 Å². The fourth-order valence-electron chi connectivity index (χ4n) is 3.24. The highest BCUT2D eigenvalue weighted by Gasteiger charge is 2.57. The Labute approximate surface area is 159 Å². The topological polar surface area (TPSA) is 85.7 Å². The Hall–Kier alpha value is -2.71. The monoisotopic (exact) mass is 394 g/mol. The van der Waals surface area contributed by atoms with Crippen LogP contribution in [-0.4, -0.2) is 30.2 Å². The molecule has 0 spiro atoms. The minimum atomic E-state index is -3.41. The third kappa shape index (κ3) is 3.41. The molecule has 1 aliphatic carbocycles. The van der Waals surface area contributed by atoms with Crippen LogP contribution in [0.15, 0.2) is 33.8 Å². The lowest BCUT2D eigenvalue weighted by Gasteiger charge is -2.39. The number of aromatic nitrogens is 1. The highest BCUT2D eigenvalue weighted by Crippen LogP contribution is 2.44. The summed E-state index contributed by atoms with van der Waals surface area (Å²) in [4.78, 5) is 3.43. The van der Waals surface area contributed by atoms with Crippen molar-refractivity contribution < 1.29 is 22.4 Å². The minimum Gasteiger partial charge on any atom is -0.448 e. The molecule has 0 saturated heterocycles. The summed E-state index contributed by atoms with van der Waals surface area (Å²) in [5.41, 5.74) is 4.25. The van der Waals surface area contributed by atoms with Crippen LogP contribution in [0.3, 0.4) is 0 Å². The Bertz CT molecular complexity index is 910. The zero-order valence-corrected chi connectivity index (χ0v) is 15.3. The number of amidine groups is 1. The molecule has 2 aromatic rings. The summed E-state index contributed by atoms with van der Waals surface area (Å²) in [7, 11) is 0. The van der Waals surface area contributed by atoms with Crippen molar-refractivity contribution in [3.8, 4) is 0 Å². The number of benzene rings is 1. The molecule has 4 rings (SSSR count). The van der Waals surface area contributed by atoms with Gasteiger partial charge in [0.1, 0.15) is 18.1 Å². The van der Waals surface area contributed by atoms with Crippen LogP contribution < -0.4 is 11.1 Å². The predicted molar refractivity (Wildman–Crippen MR) is 96.9 cm³/mol. The molecular weight excluding hydrogens is 373 g/mol. The molecule has 1 aromatic carbocycles. The Morgan fingerprint density at radius 2 is 2.07 bits per heavy atom. The first kappa shape index (κ1) is 18.6. The van der Waals surface area contributed by atoms with E-state index in [0.717, 1.165) is 37.3 Å². The molecule has 6 nitrogen and oxygen atoms in total. The van der Waals surface area contributed by atoms with Crippen molar-refractivity contribution in [3.05, 3.63) is 47.1 Å². The number of anilines is 1. The number of nitrogens with two attached hydrogens (primary N) is 1. The van der Waals surface area contributed by atoms with Crippen LogP contribution >= 0.6 is 0 Å². The Morgan fingerprint density at radius 3 is 2.82 bits per heavy atom. The van der Waals surface area contributed by atoms with Gasteiger partial charge in [0, 0.05) is 36.2 Å².